The Balaban J connectivity index is 2.03. The Labute approximate surface area is 122 Å². The number of aryl methyl sites for hydroxylation is 2. The summed E-state index contributed by atoms with van der Waals surface area (Å²) >= 11 is 0. The molecule has 3 aromatic rings. The topological polar surface area (TPSA) is 73.6 Å². The molecule has 0 saturated carbocycles. The van der Waals surface area contributed by atoms with Crippen LogP contribution in [-0.2, 0) is 10.1 Å². The van der Waals surface area contributed by atoms with Crippen molar-refractivity contribution in [1.82, 2.24) is 14.6 Å². The quantitative estimate of drug-likeness (QED) is 0.693. The van der Waals surface area contributed by atoms with Crippen LogP contribution in [0.1, 0.15) is 11.3 Å². The van der Waals surface area contributed by atoms with Crippen LogP contribution < -0.4 is 4.18 Å². The number of nitrogens with zero attached hydrogens (tertiary/aromatic N) is 3. The fraction of sp³-hybridized carbons (Fsp3) is 0.143. The fourth-order valence-corrected chi connectivity index (χ4v) is 2.86. The van der Waals surface area contributed by atoms with Crippen LogP contribution in [0.5, 0.6) is 5.75 Å². The van der Waals surface area contributed by atoms with Crippen molar-refractivity contribution in [3.8, 4) is 5.75 Å². The summed E-state index contributed by atoms with van der Waals surface area (Å²) in [5.74, 6) is 0.152. The lowest BCUT2D eigenvalue weighted by atomic mass is 10.2. The smallest absolute Gasteiger partial charge is 0.339 e. The van der Waals surface area contributed by atoms with Crippen molar-refractivity contribution in [1.29, 1.82) is 0 Å². The highest BCUT2D eigenvalue weighted by Gasteiger charge is 2.19. The Morgan fingerprint density at radius 1 is 1.10 bits per heavy atom. The van der Waals surface area contributed by atoms with Crippen molar-refractivity contribution < 1.29 is 12.6 Å². The van der Waals surface area contributed by atoms with E-state index >= 15 is 0 Å². The lowest BCUT2D eigenvalue weighted by Gasteiger charge is -2.07. The minimum absolute atomic E-state index is 0.103. The van der Waals surface area contributed by atoms with Crippen LogP contribution in [0.25, 0.3) is 5.65 Å². The van der Waals surface area contributed by atoms with E-state index in [9.17, 15) is 8.42 Å². The van der Waals surface area contributed by atoms with E-state index in [2.05, 4.69) is 10.1 Å². The van der Waals surface area contributed by atoms with Crippen molar-refractivity contribution in [3.05, 3.63) is 54.0 Å². The van der Waals surface area contributed by atoms with Crippen LogP contribution in [0.4, 0.5) is 0 Å². The average molecular weight is 303 g/mol. The first-order chi connectivity index (χ1) is 9.95. The molecule has 0 atom stereocenters. The largest absolute Gasteiger partial charge is 0.375 e. The van der Waals surface area contributed by atoms with Crippen LogP contribution in [0.2, 0.25) is 0 Å². The standard InChI is InChI=1S/C14H13N3O3S/c1-10-3-5-12(6-4-10)21(18,19)20-13-7-8-15-17-9-11(2)16-14(13)17/h3-9H,1-2H3. The number of benzene rings is 1. The summed E-state index contributed by atoms with van der Waals surface area (Å²) in [6.07, 6.45) is 3.16. The lowest BCUT2D eigenvalue weighted by molar-refractivity contribution is 0.486. The molecule has 0 aliphatic heterocycles. The van der Waals surface area contributed by atoms with Gasteiger partial charge in [0.25, 0.3) is 0 Å². The summed E-state index contributed by atoms with van der Waals surface area (Å²) in [6, 6.07) is 7.95. The van der Waals surface area contributed by atoms with Gasteiger partial charge in [0.1, 0.15) is 4.90 Å². The van der Waals surface area contributed by atoms with E-state index in [4.69, 9.17) is 4.18 Å². The average Bonchev–Trinajstić information content (AvgIpc) is 2.80. The molecule has 0 amide bonds. The van der Waals surface area contributed by atoms with Gasteiger partial charge in [0.2, 0.25) is 0 Å². The van der Waals surface area contributed by atoms with E-state index in [1.165, 1.54) is 28.9 Å². The summed E-state index contributed by atoms with van der Waals surface area (Å²) in [5, 5.41) is 4.06. The zero-order chi connectivity index (χ0) is 15.0. The molecule has 0 unspecified atom stereocenters. The summed E-state index contributed by atoms with van der Waals surface area (Å²) < 4.78 is 31.3. The van der Waals surface area contributed by atoms with E-state index in [1.807, 2.05) is 6.92 Å². The zero-order valence-electron chi connectivity index (χ0n) is 11.5. The highest BCUT2D eigenvalue weighted by molar-refractivity contribution is 7.87. The van der Waals surface area contributed by atoms with Crippen molar-refractivity contribution in [3.63, 3.8) is 0 Å². The zero-order valence-corrected chi connectivity index (χ0v) is 12.3. The maximum absolute atomic E-state index is 12.3. The predicted molar refractivity (Wildman–Crippen MR) is 76.7 cm³/mol. The molecule has 0 spiro atoms. The monoisotopic (exact) mass is 303 g/mol. The van der Waals surface area contributed by atoms with Gasteiger partial charge in [0, 0.05) is 6.07 Å². The molecule has 3 rings (SSSR count). The van der Waals surface area contributed by atoms with Gasteiger partial charge in [-0.3, -0.25) is 0 Å². The minimum atomic E-state index is -3.89. The molecule has 7 heteroatoms. The molecule has 108 valence electrons. The maximum atomic E-state index is 12.3. The molecule has 0 fully saturated rings. The van der Waals surface area contributed by atoms with Gasteiger partial charge < -0.3 is 4.18 Å². The molecule has 0 saturated heterocycles. The molecule has 0 N–H and O–H groups in total. The van der Waals surface area contributed by atoms with E-state index < -0.39 is 10.1 Å². The van der Waals surface area contributed by atoms with Crippen molar-refractivity contribution in [2.45, 2.75) is 18.7 Å². The first kappa shape index (κ1) is 13.6. The van der Waals surface area contributed by atoms with Crippen molar-refractivity contribution in [2.24, 2.45) is 0 Å². The van der Waals surface area contributed by atoms with Crippen LogP contribution in [-0.4, -0.2) is 23.0 Å². The van der Waals surface area contributed by atoms with Gasteiger partial charge >= 0.3 is 10.1 Å². The lowest BCUT2D eigenvalue weighted by Crippen LogP contribution is -2.10. The van der Waals surface area contributed by atoms with Gasteiger partial charge in [0.05, 0.1) is 18.1 Å². The van der Waals surface area contributed by atoms with Crippen LogP contribution >= 0.6 is 0 Å². The molecular weight excluding hydrogens is 290 g/mol. The molecule has 0 bridgehead atoms. The Kier molecular flexibility index (Phi) is 3.13. The molecule has 0 radical (unpaired) electrons. The molecule has 2 heterocycles. The maximum Gasteiger partial charge on any atom is 0.339 e. The first-order valence-electron chi connectivity index (χ1n) is 6.28. The first-order valence-corrected chi connectivity index (χ1v) is 7.69. The van der Waals surface area contributed by atoms with Crippen LogP contribution in [0.15, 0.2) is 47.6 Å². The molecule has 2 aromatic heterocycles. The summed E-state index contributed by atoms with van der Waals surface area (Å²) in [4.78, 5) is 4.32. The SMILES string of the molecule is Cc1ccc(S(=O)(=O)Oc2ccnn3cc(C)nc23)cc1. The normalized spacial score (nSPS) is 11.7. The minimum Gasteiger partial charge on any atom is -0.375 e. The predicted octanol–water partition coefficient (Wildman–Crippen LogP) is 2.11. The van der Waals surface area contributed by atoms with Gasteiger partial charge in [-0.25, -0.2) is 9.50 Å². The molecule has 0 aliphatic carbocycles. The molecular formula is C14H13N3O3S. The van der Waals surface area contributed by atoms with Gasteiger partial charge in [0.15, 0.2) is 11.4 Å². The Hall–Kier alpha value is -2.41. The second-order valence-electron chi connectivity index (χ2n) is 4.70. The third-order valence-corrected chi connectivity index (χ3v) is 4.20. The Morgan fingerprint density at radius 2 is 1.81 bits per heavy atom. The Morgan fingerprint density at radius 3 is 2.52 bits per heavy atom. The number of fused-ring (bicyclic) bond motifs is 1. The summed E-state index contributed by atoms with van der Waals surface area (Å²) in [6.45, 7) is 3.68. The summed E-state index contributed by atoms with van der Waals surface area (Å²) in [5.41, 5.74) is 2.07. The van der Waals surface area contributed by atoms with Gasteiger partial charge in [-0.2, -0.15) is 13.5 Å². The Bertz CT molecular complexity index is 899. The van der Waals surface area contributed by atoms with Gasteiger partial charge in [-0.15, -0.1) is 0 Å². The second kappa shape index (κ2) is 4.85. The molecule has 1 aromatic carbocycles. The van der Waals surface area contributed by atoms with Crippen LogP contribution in [0, 0.1) is 13.8 Å². The number of aromatic nitrogens is 3. The third kappa shape index (κ3) is 2.59. The number of rotatable bonds is 3. The highest BCUT2D eigenvalue weighted by atomic mass is 32.2. The third-order valence-electron chi connectivity index (χ3n) is 2.95. The van der Waals surface area contributed by atoms with Crippen molar-refractivity contribution >= 4 is 15.8 Å². The number of hydrogen-bond donors (Lipinski definition) is 0. The highest BCUT2D eigenvalue weighted by Crippen LogP contribution is 2.22. The molecule has 0 aliphatic rings. The number of hydrogen-bond acceptors (Lipinski definition) is 5. The molecule has 6 nitrogen and oxygen atoms in total. The fourth-order valence-electron chi connectivity index (χ4n) is 1.92. The van der Waals surface area contributed by atoms with Crippen LogP contribution in [0.3, 0.4) is 0 Å². The van der Waals surface area contributed by atoms with Crippen molar-refractivity contribution in [2.75, 3.05) is 0 Å². The number of imidazole rings is 1. The molecule has 21 heavy (non-hydrogen) atoms. The van der Waals surface area contributed by atoms with Gasteiger partial charge in [-0.1, -0.05) is 17.7 Å². The second-order valence-corrected chi connectivity index (χ2v) is 6.24. The van der Waals surface area contributed by atoms with E-state index in [1.54, 1.807) is 25.3 Å². The summed E-state index contributed by atoms with van der Waals surface area (Å²) in [7, 11) is -3.89. The van der Waals surface area contributed by atoms with E-state index in [0.717, 1.165) is 11.3 Å². The van der Waals surface area contributed by atoms with E-state index in [-0.39, 0.29) is 10.6 Å². The van der Waals surface area contributed by atoms with E-state index in [0.29, 0.717) is 5.65 Å². The van der Waals surface area contributed by atoms with Gasteiger partial charge in [-0.05, 0) is 26.0 Å².